The Labute approximate surface area is 128 Å². The quantitative estimate of drug-likeness (QED) is 0.797. The van der Waals surface area contributed by atoms with Crippen molar-refractivity contribution in [3.05, 3.63) is 0 Å². The van der Waals surface area contributed by atoms with E-state index in [2.05, 4.69) is 25.6 Å². The van der Waals surface area contributed by atoms with Crippen molar-refractivity contribution >= 4 is 11.8 Å². The molecule has 2 heterocycles. The topological polar surface area (TPSA) is 29.5 Å². The number of rotatable bonds is 1. The number of hydrogen-bond donors (Lipinski definition) is 1. The second-order valence-electron chi connectivity index (χ2n) is 7.63. The number of hydrogen-bond acceptors (Lipinski definition) is 3. The standard InChI is InChI=1S/C17H30O2S/c1-13-3-5-17(18,11-14(13)2)15-4-8-19-16(12-15)6-9-20-10-7-16/h13-15,18H,3-12H2,1-2H3. The van der Waals surface area contributed by atoms with Crippen LogP contribution in [0.25, 0.3) is 0 Å². The van der Waals surface area contributed by atoms with E-state index in [4.69, 9.17) is 4.74 Å². The van der Waals surface area contributed by atoms with Gasteiger partial charge in [-0.3, -0.25) is 0 Å². The summed E-state index contributed by atoms with van der Waals surface area (Å²) in [6.07, 6.45) is 7.75. The Morgan fingerprint density at radius 1 is 1.00 bits per heavy atom. The smallest absolute Gasteiger partial charge is 0.0702 e. The van der Waals surface area contributed by atoms with Gasteiger partial charge in [0.2, 0.25) is 0 Å². The third kappa shape index (κ3) is 2.91. The summed E-state index contributed by atoms with van der Waals surface area (Å²) in [7, 11) is 0. The Kier molecular flexibility index (Phi) is 4.41. The summed E-state index contributed by atoms with van der Waals surface area (Å²) < 4.78 is 6.20. The van der Waals surface area contributed by atoms with Crippen LogP contribution in [0.4, 0.5) is 0 Å². The number of aliphatic hydroxyl groups is 1. The van der Waals surface area contributed by atoms with Crippen LogP contribution in [0.3, 0.4) is 0 Å². The van der Waals surface area contributed by atoms with Crippen molar-refractivity contribution in [1.82, 2.24) is 0 Å². The highest BCUT2D eigenvalue weighted by atomic mass is 32.2. The van der Waals surface area contributed by atoms with Crippen molar-refractivity contribution in [2.24, 2.45) is 17.8 Å². The van der Waals surface area contributed by atoms with Gasteiger partial charge < -0.3 is 9.84 Å². The fraction of sp³-hybridized carbons (Fsp3) is 1.00. The summed E-state index contributed by atoms with van der Waals surface area (Å²) >= 11 is 2.06. The Morgan fingerprint density at radius 2 is 1.75 bits per heavy atom. The summed E-state index contributed by atoms with van der Waals surface area (Å²) in [6, 6.07) is 0. The first-order valence-electron chi connectivity index (χ1n) is 8.47. The van der Waals surface area contributed by atoms with Crippen LogP contribution >= 0.6 is 11.8 Å². The number of ether oxygens (including phenoxy) is 1. The molecule has 3 aliphatic rings. The molecule has 3 heteroatoms. The highest BCUT2D eigenvalue weighted by molar-refractivity contribution is 7.99. The molecule has 4 atom stereocenters. The van der Waals surface area contributed by atoms with Crippen LogP contribution in [0.1, 0.15) is 58.8 Å². The van der Waals surface area contributed by atoms with E-state index in [9.17, 15) is 5.11 Å². The molecule has 0 bridgehead atoms. The van der Waals surface area contributed by atoms with E-state index in [1.807, 2.05) is 0 Å². The van der Waals surface area contributed by atoms with Gasteiger partial charge in [0.15, 0.2) is 0 Å². The maximum absolute atomic E-state index is 11.2. The lowest BCUT2D eigenvalue weighted by atomic mass is 9.64. The van der Waals surface area contributed by atoms with E-state index in [0.29, 0.717) is 11.8 Å². The zero-order valence-corrected chi connectivity index (χ0v) is 13.9. The van der Waals surface area contributed by atoms with E-state index in [1.165, 1.54) is 30.8 Å². The van der Waals surface area contributed by atoms with Crippen molar-refractivity contribution in [2.75, 3.05) is 18.1 Å². The monoisotopic (exact) mass is 298 g/mol. The Bertz CT molecular complexity index is 334. The summed E-state index contributed by atoms with van der Waals surface area (Å²) in [5.41, 5.74) is -0.302. The average molecular weight is 298 g/mol. The maximum Gasteiger partial charge on any atom is 0.0702 e. The third-order valence-corrected chi connectivity index (χ3v) is 7.32. The molecule has 1 aliphatic carbocycles. The van der Waals surface area contributed by atoms with Gasteiger partial charge in [0.25, 0.3) is 0 Å². The van der Waals surface area contributed by atoms with Gasteiger partial charge in [-0.05, 0) is 74.2 Å². The molecule has 1 saturated carbocycles. The van der Waals surface area contributed by atoms with E-state index in [-0.39, 0.29) is 5.60 Å². The van der Waals surface area contributed by atoms with Crippen LogP contribution in [0, 0.1) is 17.8 Å². The summed E-state index contributed by atoms with van der Waals surface area (Å²) in [6.45, 7) is 5.52. The van der Waals surface area contributed by atoms with Gasteiger partial charge in [0, 0.05) is 6.61 Å². The minimum Gasteiger partial charge on any atom is -0.390 e. The minimum atomic E-state index is -0.409. The van der Waals surface area contributed by atoms with Crippen molar-refractivity contribution in [3.8, 4) is 0 Å². The Hall–Kier alpha value is 0.270. The normalized spacial score (nSPS) is 45.5. The molecule has 20 heavy (non-hydrogen) atoms. The molecule has 2 aliphatic heterocycles. The SMILES string of the molecule is CC1CCC(O)(C2CCOC3(CCSCC3)C2)CC1C. The molecule has 4 unspecified atom stereocenters. The highest BCUT2D eigenvalue weighted by Crippen LogP contribution is 2.48. The van der Waals surface area contributed by atoms with Crippen molar-refractivity contribution in [2.45, 2.75) is 70.0 Å². The molecule has 1 N–H and O–H groups in total. The highest BCUT2D eigenvalue weighted by Gasteiger charge is 2.48. The van der Waals surface area contributed by atoms with Gasteiger partial charge in [-0.1, -0.05) is 13.8 Å². The zero-order chi connectivity index (χ0) is 14.2. The first-order chi connectivity index (χ1) is 9.53. The van der Waals surface area contributed by atoms with E-state index >= 15 is 0 Å². The predicted molar refractivity (Wildman–Crippen MR) is 85.1 cm³/mol. The summed E-state index contributed by atoms with van der Waals surface area (Å²) in [5, 5.41) is 11.2. The third-order valence-electron chi connectivity index (χ3n) is 6.34. The molecule has 1 spiro atoms. The molecule has 3 fully saturated rings. The first-order valence-corrected chi connectivity index (χ1v) is 9.63. The second-order valence-corrected chi connectivity index (χ2v) is 8.86. The van der Waals surface area contributed by atoms with Crippen molar-refractivity contribution in [3.63, 3.8) is 0 Å². The average Bonchev–Trinajstić information content (AvgIpc) is 2.44. The van der Waals surface area contributed by atoms with Gasteiger partial charge in [0.05, 0.1) is 11.2 Å². The molecule has 0 aromatic rings. The molecule has 3 rings (SSSR count). The molecular weight excluding hydrogens is 268 g/mol. The lowest BCUT2D eigenvalue weighted by molar-refractivity contribution is -0.162. The minimum absolute atomic E-state index is 0.107. The van der Waals surface area contributed by atoms with Gasteiger partial charge in [-0.25, -0.2) is 0 Å². The predicted octanol–water partition coefficient (Wildman–Crippen LogP) is 3.87. The van der Waals surface area contributed by atoms with Gasteiger partial charge in [0.1, 0.15) is 0 Å². The van der Waals surface area contributed by atoms with Crippen LogP contribution in [-0.2, 0) is 4.74 Å². The van der Waals surface area contributed by atoms with E-state index in [1.54, 1.807) is 0 Å². The van der Waals surface area contributed by atoms with Crippen LogP contribution in [0.5, 0.6) is 0 Å². The first kappa shape index (κ1) is 15.2. The Morgan fingerprint density at radius 3 is 2.45 bits per heavy atom. The number of thioether (sulfide) groups is 1. The molecule has 2 nitrogen and oxygen atoms in total. The van der Waals surface area contributed by atoms with Gasteiger partial charge in [-0.2, -0.15) is 11.8 Å². The molecule has 116 valence electrons. The lowest BCUT2D eigenvalue weighted by Crippen LogP contribution is -2.52. The molecule has 0 radical (unpaired) electrons. The van der Waals surface area contributed by atoms with E-state index < -0.39 is 5.60 Å². The fourth-order valence-electron chi connectivity index (χ4n) is 4.57. The largest absolute Gasteiger partial charge is 0.390 e. The van der Waals surface area contributed by atoms with Crippen LogP contribution < -0.4 is 0 Å². The van der Waals surface area contributed by atoms with Crippen molar-refractivity contribution < 1.29 is 9.84 Å². The van der Waals surface area contributed by atoms with Crippen LogP contribution in [0.2, 0.25) is 0 Å². The lowest BCUT2D eigenvalue weighted by Gasteiger charge is -2.51. The molecule has 2 saturated heterocycles. The van der Waals surface area contributed by atoms with Crippen LogP contribution in [0.15, 0.2) is 0 Å². The zero-order valence-electron chi connectivity index (χ0n) is 13.1. The molecular formula is C17H30O2S. The fourth-order valence-corrected chi connectivity index (χ4v) is 5.81. The Balaban J connectivity index is 1.69. The van der Waals surface area contributed by atoms with E-state index in [0.717, 1.165) is 38.2 Å². The molecule has 0 amide bonds. The summed E-state index contributed by atoms with van der Waals surface area (Å²) in [5.74, 6) is 4.37. The van der Waals surface area contributed by atoms with Gasteiger partial charge >= 0.3 is 0 Å². The molecule has 0 aromatic carbocycles. The van der Waals surface area contributed by atoms with Crippen molar-refractivity contribution in [1.29, 1.82) is 0 Å². The summed E-state index contributed by atoms with van der Waals surface area (Å²) in [4.78, 5) is 0. The second kappa shape index (κ2) is 5.81. The van der Waals surface area contributed by atoms with Gasteiger partial charge in [-0.15, -0.1) is 0 Å². The van der Waals surface area contributed by atoms with Crippen LogP contribution in [-0.4, -0.2) is 34.4 Å². The maximum atomic E-state index is 11.2. The molecule has 0 aromatic heterocycles.